The van der Waals surface area contributed by atoms with Gasteiger partial charge in [0.2, 0.25) is 0 Å². The zero-order valence-electron chi connectivity index (χ0n) is 14.2. The van der Waals surface area contributed by atoms with Crippen LogP contribution >= 0.6 is 0 Å². The van der Waals surface area contributed by atoms with Crippen LogP contribution in [0.5, 0.6) is 0 Å². The SMILES string of the molecule is C[C@@H](OC(=O)c1n[nH]c2ccccc12)C(=O)Nc1ccc2[nH]c(=O)[nH]c2c1. The monoisotopic (exact) mass is 365 g/mol. The fraction of sp³-hybridized carbons (Fsp3) is 0.111. The molecule has 0 spiro atoms. The van der Waals surface area contributed by atoms with Crippen LogP contribution in [0.25, 0.3) is 21.9 Å². The number of aromatic nitrogens is 4. The third kappa shape index (κ3) is 3.17. The molecule has 0 fully saturated rings. The Balaban J connectivity index is 1.46. The highest BCUT2D eigenvalue weighted by atomic mass is 16.5. The second kappa shape index (κ2) is 6.45. The van der Waals surface area contributed by atoms with E-state index >= 15 is 0 Å². The van der Waals surface area contributed by atoms with Gasteiger partial charge in [0.05, 0.1) is 16.6 Å². The number of aromatic amines is 3. The first-order valence-electron chi connectivity index (χ1n) is 8.18. The minimum absolute atomic E-state index is 0.122. The summed E-state index contributed by atoms with van der Waals surface area (Å²) in [5, 5.41) is 9.98. The molecule has 2 heterocycles. The van der Waals surface area contributed by atoms with Gasteiger partial charge in [0.15, 0.2) is 11.8 Å². The summed E-state index contributed by atoms with van der Waals surface area (Å²) >= 11 is 0. The average Bonchev–Trinajstić information content (AvgIpc) is 3.23. The molecule has 136 valence electrons. The number of carbonyl (C=O) groups is 2. The van der Waals surface area contributed by atoms with Gasteiger partial charge in [0.1, 0.15) is 0 Å². The van der Waals surface area contributed by atoms with Crippen molar-refractivity contribution in [3.05, 3.63) is 58.6 Å². The first-order chi connectivity index (χ1) is 13.0. The van der Waals surface area contributed by atoms with E-state index in [0.717, 1.165) is 0 Å². The van der Waals surface area contributed by atoms with Gasteiger partial charge in [-0.1, -0.05) is 18.2 Å². The minimum atomic E-state index is -1.03. The Bertz CT molecular complexity index is 1220. The summed E-state index contributed by atoms with van der Waals surface area (Å²) in [7, 11) is 0. The van der Waals surface area contributed by atoms with Crippen molar-refractivity contribution in [1.82, 2.24) is 20.2 Å². The van der Waals surface area contributed by atoms with E-state index in [9.17, 15) is 14.4 Å². The number of fused-ring (bicyclic) bond motifs is 2. The third-order valence-electron chi connectivity index (χ3n) is 4.10. The first-order valence-corrected chi connectivity index (χ1v) is 8.18. The second-order valence-corrected chi connectivity index (χ2v) is 5.99. The van der Waals surface area contributed by atoms with Crippen molar-refractivity contribution in [3.63, 3.8) is 0 Å². The molecule has 0 aliphatic heterocycles. The lowest BCUT2D eigenvalue weighted by Gasteiger charge is -2.13. The minimum Gasteiger partial charge on any atom is -0.448 e. The van der Waals surface area contributed by atoms with Crippen molar-refractivity contribution in [2.75, 3.05) is 5.32 Å². The molecule has 9 nitrogen and oxygen atoms in total. The van der Waals surface area contributed by atoms with Crippen LogP contribution in [0.15, 0.2) is 47.3 Å². The Morgan fingerprint density at radius 2 is 1.85 bits per heavy atom. The molecule has 4 N–H and O–H groups in total. The van der Waals surface area contributed by atoms with Gasteiger partial charge in [-0.2, -0.15) is 5.10 Å². The summed E-state index contributed by atoms with van der Waals surface area (Å²) in [4.78, 5) is 41.2. The van der Waals surface area contributed by atoms with E-state index in [1.54, 1.807) is 36.4 Å². The number of carbonyl (C=O) groups excluding carboxylic acids is 2. The number of esters is 1. The van der Waals surface area contributed by atoms with Gasteiger partial charge in [-0.25, -0.2) is 9.59 Å². The number of anilines is 1. The fourth-order valence-electron chi connectivity index (χ4n) is 2.74. The Morgan fingerprint density at radius 1 is 1.07 bits per heavy atom. The topological polar surface area (TPSA) is 133 Å². The van der Waals surface area contributed by atoms with E-state index in [-0.39, 0.29) is 11.4 Å². The summed E-state index contributed by atoms with van der Waals surface area (Å²) in [6.07, 6.45) is -1.03. The lowest BCUT2D eigenvalue weighted by molar-refractivity contribution is -0.123. The molecule has 27 heavy (non-hydrogen) atoms. The fourth-order valence-corrected chi connectivity index (χ4v) is 2.74. The second-order valence-electron chi connectivity index (χ2n) is 5.99. The van der Waals surface area contributed by atoms with Crippen LogP contribution < -0.4 is 11.0 Å². The molecule has 1 amide bonds. The Morgan fingerprint density at radius 3 is 2.70 bits per heavy atom. The lowest BCUT2D eigenvalue weighted by atomic mass is 10.2. The Labute approximate surface area is 151 Å². The van der Waals surface area contributed by atoms with Crippen molar-refractivity contribution < 1.29 is 14.3 Å². The summed E-state index contributed by atoms with van der Waals surface area (Å²) < 4.78 is 5.23. The van der Waals surface area contributed by atoms with Gasteiger partial charge in [0.25, 0.3) is 5.91 Å². The molecule has 4 aromatic rings. The van der Waals surface area contributed by atoms with E-state index < -0.39 is 18.0 Å². The number of rotatable bonds is 4. The van der Waals surface area contributed by atoms with Crippen LogP contribution in [0, 0.1) is 0 Å². The van der Waals surface area contributed by atoms with Crippen molar-refractivity contribution in [1.29, 1.82) is 0 Å². The van der Waals surface area contributed by atoms with Crippen LogP contribution in [0.1, 0.15) is 17.4 Å². The van der Waals surface area contributed by atoms with E-state index in [2.05, 4.69) is 25.5 Å². The molecule has 4 rings (SSSR count). The molecule has 0 saturated carbocycles. The molecule has 0 radical (unpaired) electrons. The maximum absolute atomic E-state index is 12.3. The molecule has 0 aliphatic rings. The number of benzene rings is 2. The molecular formula is C18H15N5O4. The van der Waals surface area contributed by atoms with Gasteiger partial charge in [-0.3, -0.25) is 9.89 Å². The maximum atomic E-state index is 12.3. The number of hydrogen-bond donors (Lipinski definition) is 4. The largest absolute Gasteiger partial charge is 0.448 e. The standard InChI is InChI=1S/C18H15N5O4/c1-9(27-17(25)15-11-4-2-3-5-12(11)22-23-15)16(24)19-10-6-7-13-14(8-10)21-18(26)20-13/h2-9H,1H3,(H,19,24)(H,22,23)(H2,20,21,26)/t9-/m1/s1. The predicted molar refractivity (Wildman–Crippen MR) is 98.5 cm³/mol. The summed E-state index contributed by atoms with van der Waals surface area (Å²) in [5.41, 5.74) is 2.15. The molecule has 0 unspecified atom stereocenters. The van der Waals surface area contributed by atoms with Crippen molar-refractivity contribution >= 4 is 39.5 Å². The van der Waals surface area contributed by atoms with E-state index in [0.29, 0.717) is 27.6 Å². The highest BCUT2D eigenvalue weighted by Gasteiger charge is 2.22. The summed E-state index contributed by atoms with van der Waals surface area (Å²) in [6, 6.07) is 12.0. The molecule has 0 saturated heterocycles. The molecule has 9 heteroatoms. The number of ether oxygens (including phenoxy) is 1. The number of imidazole rings is 1. The lowest BCUT2D eigenvalue weighted by Crippen LogP contribution is -2.30. The number of nitrogens with one attached hydrogen (secondary N) is 4. The molecule has 1 atom stereocenters. The van der Waals surface area contributed by atoms with Gasteiger partial charge in [0, 0.05) is 11.1 Å². The quantitative estimate of drug-likeness (QED) is 0.410. The Hall–Kier alpha value is -3.88. The van der Waals surface area contributed by atoms with Crippen LogP contribution in [-0.2, 0) is 9.53 Å². The molecule has 2 aromatic carbocycles. The summed E-state index contributed by atoms with van der Waals surface area (Å²) in [6.45, 7) is 1.47. The molecule has 0 bridgehead atoms. The van der Waals surface area contributed by atoms with E-state index in [4.69, 9.17) is 4.74 Å². The Kier molecular flexibility index (Phi) is 3.96. The first kappa shape index (κ1) is 16.6. The predicted octanol–water partition coefficient (Wildman–Crippen LogP) is 1.92. The van der Waals surface area contributed by atoms with Crippen LogP contribution in [-0.4, -0.2) is 38.1 Å². The normalized spacial score (nSPS) is 12.2. The molecular weight excluding hydrogens is 350 g/mol. The van der Waals surface area contributed by atoms with Crippen molar-refractivity contribution in [2.45, 2.75) is 13.0 Å². The van der Waals surface area contributed by atoms with Crippen molar-refractivity contribution in [2.24, 2.45) is 0 Å². The third-order valence-corrected chi connectivity index (χ3v) is 4.10. The maximum Gasteiger partial charge on any atom is 0.360 e. The number of amides is 1. The van der Waals surface area contributed by atoms with Gasteiger partial charge in [-0.05, 0) is 31.2 Å². The number of H-pyrrole nitrogens is 3. The van der Waals surface area contributed by atoms with Crippen LogP contribution in [0.4, 0.5) is 5.69 Å². The average molecular weight is 365 g/mol. The highest BCUT2D eigenvalue weighted by molar-refractivity contribution is 6.03. The number of hydrogen-bond acceptors (Lipinski definition) is 5. The number of para-hydroxylation sites is 1. The smallest absolute Gasteiger partial charge is 0.360 e. The molecule has 2 aromatic heterocycles. The van der Waals surface area contributed by atoms with Crippen LogP contribution in [0.2, 0.25) is 0 Å². The zero-order chi connectivity index (χ0) is 19.0. The zero-order valence-corrected chi connectivity index (χ0v) is 14.2. The molecule has 0 aliphatic carbocycles. The van der Waals surface area contributed by atoms with Gasteiger partial charge in [-0.15, -0.1) is 0 Å². The van der Waals surface area contributed by atoms with Gasteiger partial charge < -0.3 is 20.0 Å². The van der Waals surface area contributed by atoms with Crippen LogP contribution in [0.3, 0.4) is 0 Å². The van der Waals surface area contributed by atoms with Gasteiger partial charge >= 0.3 is 11.7 Å². The highest BCUT2D eigenvalue weighted by Crippen LogP contribution is 2.18. The van der Waals surface area contributed by atoms with E-state index in [1.807, 2.05) is 6.07 Å². The summed E-state index contributed by atoms with van der Waals surface area (Å²) in [5.74, 6) is -1.19. The number of nitrogens with zero attached hydrogens (tertiary/aromatic N) is 1. The van der Waals surface area contributed by atoms with Crippen molar-refractivity contribution in [3.8, 4) is 0 Å². The van der Waals surface area contributed by atoms with E-state index in [1.165, 1.54) is 6.92 Å².